The van der Waals surface area contributed by atoms with Gasteiger partial charge in [-0.15, -0.1) is 0 Å². The minimum Gasteiger partial charge on any atom is -0.493 e. The van der Waals surface area contributed by atoms with Crippen molar-refractivity contribution in [2.24, 2.45) is 5.10 Å². The lowest BCUT2D eigenvalue weighted by atomic mass is 9.96. The lowest BCUT2D eigenvalue weighted by molar-refractivity contribution is -0.0199. The van der Waals surface area contributed by atoms with E-state index in [2.05, 4.69) is 0 Å². The molecule has 0 aliphatic carbocycles. The number of hydrazone groups is 1. The number of hydrogen-bond acceptors (Lipinski definition) is 7. The molecule has 2 aliphatic rings. The van der Waals surface area contributed by atoms with Crippen molar-refractivity contribution in [2.45, 2.75) is 25.6 Å². The lowest BCUT2D eigenvalue weighted by Crippen LogP contribution is -2.34. The Hall–Kier alpha value is -3.94. The molecular formula is C24H22N2O6. The number of methoxy groups -OCH3 is 2. The molecule has 0 unspecified atom stereocenters. The first kappa shape index (κ1) is 20.0. The number of fused-ring (bicyclic) bond motifs is 3. The van der Waals surface area contributed by atoms with Gasteiger partial charge in [0.2, 0.25) is 6.23 Å². The Labute approximate surface area is 184 Å². The van der Waals surface area contributed by atoms with Crippen LogP contribution in [0.3, 0.4) is 0 Å². The van der Waals surface area contributed by atoms with Gasteiger partial charge < -0.3 is 23.7 Å². The molecule has 1 aromatic heterocycles. The Morgan fingerprint density at radius 1 is 1.09 bits per heavy atom. The zero-order chi connectivity index (χ0) is 22.4. The van der Waals surface area contributed by atoms with Crippen molar-refractivity contribution >= 4 is 11.7 Å². The summed E-state index contributed by atoms with van der Waals surface area (Å²) in [4.78, 5) is 12.3. The fourth-order valence-corrected chi connectivity index (χ4v) is 4.35. The highest BCUT2D eigenvalue weighted by atomic mass is 16.5. The Morgan fingerprint density at radius 3 is 2.59 bits per heavy atom. The van der Waals surface area contributed by atoms with Crippen LogP contribution < -0.4 is 14.2 Å². The molecule has 1 N–H and O–H groups in total. The van der Waals surface area contributed by atoms with Crippen LogP contribution in [0.4, 0.5) is 0 Å². The van der Waals surface area contributed by atoms with Gasteiger partial charge in [0, 0.05) is 17.5 Å². The number of carboxylic acid groups (broad SMARTS) is 1. The average Bonchev–Trinajstić information content (AvgIpc) is 3.44. The number of nitrogens with zero attached hydrogens (tertiary/aromatic N) is 2. The number of carbonyl (C=O) groups is 1. The van der Waals surface area contributed by atoms with E-state index < -0.39 is 12.2 Å². The molecule has 0 bridgehead atoms. The second kappa shape index (κ2) is 7.64. The van der Waals surface area contributed by atoms with Crippen LogP contribution in [-0.4, -0.2) is 36.0 Å². The van der Waals surface area contributed by atoms with E-state index in [-0.39, 0.29) is 17.4 Å². The van der Waals surface area contributed by atoms with E-state index in [0.717, 1.165) is 17.0 Å². The molecule has 2 aromatic carbocycles. The molecule has 0 amide bonds. The smallest absolute Gasteiger partial charge is 0.340 e. The van der Waals surface area contributed by atoms with Crippen LogP contribution in [0.2, 0.25) is 0 Å². The zero-order valence-corrected chi connectivity index (χ0v) is 17.9. The third-order valence-electron chi connectivity index (χ3n) is 5.78. The van der Waals surface area contributed by atoms with Crippen molar-refractivity contribution < 1.29 is 28.5 Å². The maximum Gasteiger partial charge on any atom is 0.340 e. The Balaban J connectivity index is 1.67. The summed E-state index contributed by atoms with van der Waals surface area (Å²) in [7, 11) is 2.88. The molecule has 3 heterocycles. The van der Waals surface area contributed by atoms with E-state index in [1.807, 2.05) is 48.3 Å². The molecule has 0 fully saturated rings. The number of aryl methyl sites for hydroxylation is 1. The van der Waals surface area contributed by atoms with Gasteiger partial charge >= 0.3 is 5.97 Å². The van der Waals surface area contributed by atoms with E-state index in [1.54, 1.807) is 12.1 Å². The summed E-state index contributed by atoms with van der Waals surface area (Å²) in [5.74, 6) is 1.52. The summed E-state index contributed by atoms with van der Waals surface area (Å²) in [6.45, 7) is 1.89. The van der Waals surface area contributed by atoms with E-state index in [1.165, 1.54) is 14.2 Å². The molecule has 5 rings (SSSR count). The summed E-state index contributed by atoms with van der Waals surface area (Å²) in [6.07, 6.45) is -0.158. The van der Waals surface area contributed by atoms with Gasteiger partial charge in [0.25, 0.3) is 0 Å². The number of rotatable bonds is 5. The van der Waals surface area contributed by atoms with Crippen molar-refractivity contribution in [1.29, 1.82) is 0 Å². The van der Waals surface area contributed by atoms with Crippen molar-refractivity contribution in [3.05, 3.63) is 76.7 Å². The van der Waals surface area contributed by atoms with Gasteiger partial charge in [-0.05, 0) is 37.3 Å². The maximum atomic E-state index is 12.3. The number of aromatic carboxylic acids is 1. The molecule has 0 spiro atoms. The average molecular weight is 434 g/mol. The second-order valence-electron chi connectivity index (χ2n) is 7.64. The van der Waals surface area contributed by atoms with Crippen LogP contribution in [0.1, 0.15) is 51.7 Å². The summed E-state index contributed by atoms with van der Waals surface area (Å²) in [5.41, 5.74) is 2.18. The monoisotopic (exact) mass is 434 g/mol. The fourth-order valence-electron chi connectivity index (χ4n) is 4.35. The van der Waals surface area contributed by atoms with Crippen molar-refractivity contribution in [3.63, 3.8) is 0 Å². The molecule has 8 heteroatoms. The Morgan fingerprint density at radius 2 is 1.91 bits per heavy atom. The zero-order valence-electron chi connectivity index (χ0n) is 17.9. The van der Waals surface area contributed by atoms with E-state index in [9.17, 15) is 9.90 Å². The number of furan rings is 1. The van der Waals surface area contributed by atoms with Gasteiger partial charge in [-0.1, -0.05) is 18.2 Å². The standard InChI is InChI=1S/C24H22N2O6/c1-13-8-10-19(31-13)16-12-17-14-6-4-5-7-18(14)32-23(26(17)25-16)15-9-11-20(29-2)22(30-3)21(15)24(27)28/h4-11,17,23H,12H2,1-3H3,(H,27,28)/t17-,23+/m0/s1. The van der Waals surface area contributed by atoms with Gasteiger partial charge in [0.05, 0.1) is 20.3 Å². The highest BCUT2D eigenvalue weighted by Crippen LogP contribution is 2.49. The molecule has 2 aliphatic heterocycles. The van der Waals surface area contributed by atoms with Gasteiger partial charge in [0.15, 0.2) is 11.5 Å². The Bertz CT molecular complexity index is 1230. The lowest BCUT2D eigenvalue weighted by Gasteiger charge is -2.38. The summed E-state index contributed by atoms with van der Waals surface area (Å²) in [6, 6.07) is 14.8. The van der Waals surface area contributed by atoms with Crippen molar-refractivity contribution in [1.82, 2.24) is 5.01 Å². The van der Waals surface area contributed by atoms with Crippen LogP contribution in [0, 0.1) is 6.92 Å². The first-order valence-electron chi connectivity index (χ1n) is 10.2. The van der Waals surface area contributed by atoms with Crippen LogP contribution in [0.25, 0.3) is 0 Å². The summed E-state index contributed by atoms with van der Waals surface area (Å²) >= 11 is 0. The largest absolute Gasteiger partial charge is 0.493 e. The van der Waals surface area contributed by atoms with Gasteiger partial charge in [0.1, 0.15) is 28.5 Å². The van der Waals surface area contributed by atoms with Gasteiger partial charge in [-0.25, -0.2) is 9.80 Å². The third kappa shape index (κ3) is 3.07. The second-order valence-corrected chi connectivity index (χ2v) is 7.64. The number of ether oxygens (including phenoxy) is 3. The minimum atomic E-state index is -1.14. The van der Waals surface area contributed by atoms with Crippen LogP contribution in [0.15, 0.2) is 58.0 Å². The predicted molar refractivity (Wildman–Crippen MR) is 115 cm³/mol. The van der Waals surface area contributed by atoms with Gasteiger partial charge in [-0.3, -0.25) is 0 Å². The van der Waals surface area contributed by atoms with Crippen LogP contribution in [-0.2, 0) is 0 Å². The molecule has 8 nitrogen and oxygen atoms in total. The number of carboxylic acids is 1. The van der Waals surface area contributed by atoms with Crippen LogP contribution >= 0.6 is 0 Å². The fraction of sp³-hybridized carbons (Fsp3) is 0.250. The topological polar surface area (TPSA) is 93.7 Å². The molecule has 0 saturated heterocycles. The predicted octanol–water partition coefficient (Wildman–Crippen LogP) is 4.55. The molecule has 3 aromatic rings. The molecule has 0 radical (unpaired) electrons. The van der Waals surface area contributed by atoms with Crippen LogP contribution in [0.5, 0.6) is 17.2 Å². The molecule has 32 heavy (non-hydrogen) atoms. The SMILES string of the molecule is COc1ccc([C@H]2Oc3ccccc3[C@@H]3CC(c4ccc(C)o4)=NN23)c(C(=O)O)c1OC. The van der Waals surface area contributed by atoms with E-state index in [0.29, 0.717) is 29.2 Å². The molecule has 0 saturated carbocycles. The highest BCUT2D eigenvalue weighted by Gasteiger charge is 2.43. The first-order chi connectivity index (χ1) is 15.5. The molecular weight excluding hydrogens is 412 g/mol. The van der Waals surface area contributed by atoms with E-state index in [4.69, 9.17) is 23.7 Å². The third-order valence-corrected chi connectivity index (χ3v) is 5.78. The molecule has 2 atom stereocenters. The summed E-state index contributed by atoms with van der Waals surface area (Å²) in [5, 5.41) is 16.7. The first-order valence-corrected chi connectivity index (χ1v) is 10.2. The maximum absolute atomic E-state index is 12.3. The highest BCUT2D eigenvalue weighted by molar-refractivity contribution is 6.00. The number of benzene rings is 2. The molecule has 164 valence electrons. The quantitative estimate of drug-likeness (QED) is 0.630. The number of para-hydroxylation sites is 1. The van der Waals surface area contributed by atoms with Crippen molar-refractivity contribution in [3.8, 4) is 17.2 Å². The summed E-state index contributed by atoms with van der Waals surface area (Å²) < 4.78 is 22.8. The normalized spacial score (nSPS) is 19.0. The Kier molecular flexibility index (Phi) is 4.77. The van der Waals surface area contributed by atoms with Crippen molar-refractivity contribution in [2.75, 3.05) is 14.2 Å². The van der Waals surface area contributed by atoms with Gasteiger partial charge in [-0.2, -0.15) is 5.10 Å². The number of hydrogen-bond donors (Lipinski definition) is 1. The van der Waals surface area contributed by atoms with E-state index >= 15 is 0 Å². The minimum absolute atomic E-state index is 0.0209.